The first-order chi connectivity index (χ1) is 13.7. The van der Waals surface area contributed by atoms with Crippen LogP contribution in [0.5, 0.6) is 0 Å². The van der Waals surface area contributed by atoms with Gasteiger partial charge in [0, 0.05) is 18.8 Å². The Labute approximate surface area is 172 Å². The number of benzene rings is 1. The van der Waals surface area contributed by atoms with Gasteiger partial charge in [-0.15, -0.1) is 11.3 Å². The molecule has 1 aliphatic heterocycles. The zero-order valence-corrected chi connectivity index (χ0v) is 16.9. The fourth-order valence-corrected chi connectivity index (χ4v) is 4.31. The third kappa shape index (κ3) is 3.04. The summed E-state index contributed by atoms with van der Waals surface area (Å²) in [5, 5.41) is 8.17. The lowest BCUT2D eigenvalue weighted by atomic mass is 10.0. The summed E-state index contributed by atoms with van der Waals surface area (Å²) in [6.07, 6.45) is 3.96. The van der Waals surface area contributed by atoms with E-state index >= 15 is 0 Å². The number of thiophene rings is 1. The van der Waals surface area contributed by atoms with Gasteiger partial charge >= 0.3 is 5.91 Å². The fourth-order valence-electron chi connectivity index (χ4n) is 3.28. The topological polar surface area (TPSA) is 71.6 Å². The van der Waals surface area contributed by atoms with Crippen LogP contribution in [-0.2, 0) is 0 Å². The lowest BCUT2D eigenvalue weighted by Gasteiger charge is -2.21. The number of hydrogen-bond acceptors (Lipinski definition) is 6. The number of halogens is 1. The second-order valence-electron chi connectivity index (χ2n) is 6.30. The normalized spacial score (nSPS) is 16.5. The number of furan rings is 1. The number of carbonyl (C=O) groups excluding carboxylic acids is 1. The minimum absolute atomic E-state index is 0.236. The quantitative estimate of drug-likeness (QED) is 0.436. The van der Waals surface area contributed by atoms with E-state index in [1.165, 1.54) is 5.01 Å². The Kier molecular flexibility index (Phi) is 4.29. The highest BCUT2D eigenvalue weighted by Crippen LogP contribution is 2.36. The van der Waals surface area contributed by atoms with Gasteiger partial charge in [-0.25, -0.2) is 5.01 Å². The maximum atomic E-state index is 13.1. The molecule has 0 saturated heterocycles. The molecule has 4 aromatic rings. The van der Waals surface area contributed by atoms with Crippen LogP contribution in [0, 0.1) is 0 Å². The highest BCUT2D eigenvalue weighted by Gasteiger charge is 2.35. The summed E-state index contributed by atoms with van der Waals surface area (Å²) in [4.78, 5) is 22.9. The molecular formula is C20H13BrN4O2S. The first kappa shape index (κ1) is 17.3. The predicted molar refractivity (Wildman–Crippen MR) is 110 cm³/mol. The van der Waals surface area contributed by atoms with E-state index in [0.29, 0.717) is 11.1 Å². The molecule has 1 aromatic carbocycles. The van der Waals surface area contributed by atoms with Crippen molar-refractivity contribution >= 4 is 49.9 Å². The van der Waals surface area contributed by atoms with Crippen molar-refractivity contribution in [2.24, 2.45) is 5.10 Å². The molecule has 0 bridgehead atoms. The molecule has 1 aliphatic rings. The average Bonchev–Trinajstić information content (AvgIpc) is 3.47. The highest BCUT2D eigenvalue weighted by atomic mass is 79.9. The third-order valence-electron chi connectivity index (χ3n) is 4.59. The molecule has 0 fully saturated rings. The molecule has 0 spiro atoms. The van der Waals surface area contributed by atoms with E-state index in [-0.39, 0.29) is 17.7 Å². The van der Waals surface area contributed by atoms with Crippen molar-refractivity contribution in [2.45, 2.75) is 12.5 Å². The standard InChI is InChI=1S/C20H13BrN4O2S/c21-19-6-5-17(27-19)20(26)25-16(11-15(24-25)18-2-1-9-28-18)12-3-4-13-14(10-12)23-8-7-22-13/h1-10,16H,11H2/t16-/m1/s1. The molecule has 6 nitrogen and oxygen atoms in total. The molecule has 0 saturated carbocycles. The zero-order valence-electron chi connectivity index (χ0n) is 14.4. The van der Waals surface area contributed by atoms with E-state index in [4.69, 9.17) is 4.42 Å². The van der Waals surface area contributed by atoms with Gasteiger partial charge in [-0.05, 0) is 57.2 Å². The lowest BCUT2D eigenvalue weighted by molar-refractivity contribution is 0.0677. The maximum Gasteiger partial charge on any atom is 0.310 e. The largest absolute Gasteiger partial charge is 0.444 e. The van der Waals surface area contributed by atoms with Crippen molar-refractivity contribution in [1.82, 2.24) is 15.0 Å². The second-order valence-corrected chi connectivity index (χ2v) is 8.03. The smallest absolute Gasteiger partial charge is 0.310 e. The van der Waals surface area contributed by atoms with E-state index in [9.17, 15) is 4.79 Å². The number of aromatic nitrogens is 2. The highest BCUT2D eigenvalue weighted by molar-refractivity contribution is 9.10. The van der Waals surface area contributed by atoms with E-state index in [1.807, 2.05) is 35.7 Å². The van der Waals surface area contributed by atoms with Crippen LogP contribution >= 0.6 is 27.3 Å². The van der Waals surface area contributed by atoms with Crippen molar-refractivity contribution in [3.63, 3.8) is 0 Å². The third-order valence-corrected chi connectivity index (χ3v) is 5.93. The number of amides is 1. The molecular weight excluding hydrogens is 440 g/mol. The monoisotopic (exact) mass is 452 g/mol. The summed E-state index contributed by atoms with van der Waals surface area (Å²) in [6, 6.07) is 13.0. The Morgan fingerprint density at radius 1 is 1.14 bits per heavy atom. The second kappa shape index (κ2) is 6.96. The van der Waals surface area contributed by atoms with Crippen molar-refractivity contribution in [1.29, 1.82) is 0 Å². The van der Waals surface area contributed by atoms with Gasteiger partial charge in [-0.1, -0.05) is 12.1 Å². The summed E-state index contributed by atoms with van der Waals surface area (Å²) >= 11 is 4.86. The van der Waals surface area contributed by atoms with E-state index in [2.05, 4.69) is 31.0 Å². The van der Waals surface area contributed by atoms with Crippen LogP contribution in [0.1, 0.15) is 33.5 Å². The van der Waals surface area contributed by atoms with Crippen LogP contribution in [-0.4, -0.2) is 26.6 Å². The first-order valence-electron chi connectivity index (χ1n) is 8.60. The van der Waals surface area contributed by atoms with Gasteiger partial charge in [0.25, 0.3) is 0 Å². The molecule has 0 radical (unpaired) electrons. The number of rotatable bonds is 3. The Morgan fingerprint density at radius 2 is 2.00 bits per heavy atom. The fraction of sp³-hybridized carbons (Fsp3) is 0.100. The van der Waals surface area contributed by atoms with Crippen molar-refractivity contribution in [3.8, 4) is 0 Å². The average molecular weight is 453 g/mol. The SMILES string of the molecule is O=C(c1ccc(Br)o1)N1N=C(c2cccs2)C[C@@H]1c1ccc2nccnc2c1. The summed E-state index contributed by atoms with van der Waals surface area (Å²) in [7, 11) is 0. The van der Waals surface area contributed by atoms with Crippen LogP contribution in [0.25, 0.3) is 11.0 Å². The minimum Gasteiger partial charge on any atom is -0.444 e. The summed E-state index contributed by atoms with van der Waals surface area (Å²) < 4.78 is 5.98. The molecule has 0 unspecified atom stereocenters. The number of hydrogen-bond donors (Lipinski definition) is 0. The van der Waals surface area contributed by atoms with Crippen LogP contribution in [0.15, 0.2) is 74.4 Å². The minimum atomic E-state index is -0.276. The Morgan fingerprint density at radius 3 is 2.75 bits per heavy atom. The van der Waals surface area contributed by atoms with Crippen LogP contribution in [0.3, 0.4) is 0 Å². The number of hydrazone groups is 1. The van der Waals surface area contributed by atoms with Crippen LogP contribution in [0.4, 0.5) is 0 Å². The lowest BCUT2D eigenvalue weighted by Crippen LogP contribution is -2.26. The molecule has 3 aromatic heterocycles. The Balaban J connectivity index is 1.57. The molecule has 1 atom stereocenters. The first-order valence-corrected chi connectivity index (χ1v) is 10.3. The zero-order chi connectivity index (χ0) is 19.1. The van der Waals surface area contributed by atoms with E-state index in [1.54, 1.807) is 35.9 Å². The van der Waals surface area contributed by atoms with Gasteiger partial charge in [0.05, 0.1) is 27.7 Å². The molecule has 0 N–H and O–H groups in total. The van der Waals surface area contributed by atoms with Crippen molar-refractivity contribution in [2.75, 3.05) is 0 Å². The number of carbonyl (C=O) groups is 1. The van der Waals surface area contributed by atoms with Gasteiger partial charge in [0.15, 0.2) is 10.4 Å². The van der Waals surface area contributed by atoms with Gasteiger partial charge in [-0.3, -0.25) is 14.8 Å². The molecule has 5 rings (SSSR count). The van der Waals surface area contributed by atoms with Crippen LogP contribution in [0.2, 0.25) is 0 Å². The van der Waals surface area contributed by atoms with Crippen molar-refractivity contribution < 1.29 is 9.21 Å². The molecule has 28 heavy (non-hydrogen) atoms. The van der Waals surface area contributed by atoms with Gasteiger partial charge in [-0.2, -0.15) is 5.10 Å². The maximum absolute atomic E-state index is 13.1. The summed E-state index contributed by atoms with van der Waals surface area (Å²) in [5.74, 6) is -0.0323. The number of fused-ring (bicyclic) bond motifs is 1. The molecule has 138 valence electrons. The van der Waals surface area contributed by atoms with Gasteiger partial charge in [0.1, 0.15) is 0 Å². The van der Waals surface area contributed by atoms with Gasteiger partial charge in [0.2, 0.25) is 0 Å². The van der Waals surface area contributed by atoms with Gasteiger partial charge < -0.3 is 4.42 Å². The predicted octanol–water partition coefficient (Wildman–Crippen LogP) is 5.04. The molecule has 4 heterocycles. The molecule has 0 aliphatic carbocycles. The van der Waals surface area contributed by atoms with E-state index in [0.717, 1.165) is 27.2 Å². The van der Waals surface area contributed by atoms with E-state index < -0.39 is 0 Å². The molecule has 1 amide bonds. The molecule has 8 heteroatoms. The Bertz CT molecular complexity index is 1200. The number of nitrogens with zero attached hydrogens (tertiary/aromatic N) is 4. The van der Waals surface area contributed by atoms with Crippen LogP contribution < -0.4 is 0 Å². The summed E-state index contributed by atoms with van der Waals surface area (Å²) in [6.45, 7) is 0. The Hall–Kier alpha value is -2.84. The summed E-state index contributed by atoms with van der Waals surface area (Å²) in [5.41, 5.74) is 3.45. The van der Waals surface area contributed by atoms with Crippen molar-refractivity contribution in [3.05, 3.63) is 81.1 Å².